The lowest BCUT2D eigenvalue weighted by Crippen LogP contribution is -2.22. The molecule has 0 aliphatic carbocycles. The van der Waals surface area contributed by atoms with Crippen LogP contribution in [0.4, 0.5) is 13.2 Å². The number of thioether (sulfide) groups is 1. The largest absolute Gasteiger partial charge is 0.450 e. The molecule has 0 spiro atoms. The van der Waals surface area contributed by atoms with Gasteiger partial charge in [0.25, 0.3) is 0 Å². The van der Waals surface area contributed by atoms with E-state index in [0.717, 1.165) is 0 Å². The van der Waals surface area contributed by atoms with Crippen molar-refractivity contribution in [1.29, 1.82) is 0 Å². The Morgan fingerprint density at radius 3 is 2.30 bits per heavy atom. The molecule has 0 unspecified atom stereocenters. The van der Waals surface area contributed by atoms with Crippen LogP contribution >= 0.6 is 11.8 Å². The maximum absolute atomic E-state index is 11.4. The molecule has 0 N–H and O–H groups in total. The van der Waals surface area contributed by atoms with E-state index in [1.165, 1.54) is 11.8 Å². The second kappa shape index (κ2) is 3.85. The third-order valence-electron chi connectivity index (χ3n) is 0.849. The SMILES string of the molecule is CSCCC(=O)C(F)(F)F. The zero-order valence-electron chi connectivity index (χ0n) is 5.36. The van der Waals surface area contributed by atoms with Gasteiger partial charge in [0, 0.05) is 12.2 Å². The van der Waals surface area contributed by atoms with Gasteiger partial charge in [-0.15, -0.1) is 0 Å². The highest BCUT2D eigenvalue weighted by atomic mass is 32.2. The van der Waals surface area contributed by atoms with Crippen molar-refractivity contribution in [3.05, 3.63) is 0 Å². The third kappa shape index (κ3) is 3.76. The number of hydrogen-bond acceptors (Lipinski definition) is 2. The van der Waals surface area contributed by atoms with Crippen molar-refractivity contribution in [2.24, 2.45) is 0 Å². The van der Waals surface area contributed by atoms with Crippen LogP contribution in [-0.2, 0) is 4.79 Å². The van der Waals surface area contributed by atoms with Crippen molar-refractivity contribution in [2.75, 3.05) is 12.0 Å². The van der Waals surface area contributed by atoms with Crippen molar-refractivity contribution in [2.45, 2.75) is 12.6 Å². The summed E-state index contributed by atoms with van der Waals surface area (Å²) in [6.07, 6.45) is -3.40. The Bertz CT molecular complexity index is 121. The zero-order valence-corrected chi connectivity index (χ0v) is 6.18. The molecule has 0 aromatic rings. The summed E-state index contributed by atoms with van der Waals surface area (Å²) in [4.78, 5) is 10.1. The smallest absolute Gasteiger partial charge is 0.290 e. The topological polar surface area (TPSA) is 17.1 Å². The molecule has 0 aliphatic rings. The molecule has 0 amide bonds. The van der Waals surface area contributed by atoms with E-state index in [4.69, 9.17) is 0 Å². The molecule has 0 heterocycles. The highest BCUT2D eigenvalue weighted by Gasteiger charge is 2.36. The molecule has 0 saturated carbocycles. The fraction of sp³-hybridized carbons (Fsp3) is 0.800. The molecule has 10 heavy (non-hydrogen) atoms. The summed E-state index contributed by atoms with van der Waals surface area (Å²) in [6.45, 7) is 0. The number of halogens is 3. The Labute approximate surface area is 61.0 Å². The highest BCUT2D eigenvalue weighted by Crippen LogP contribution is 2.18. The van der Waals surface area contributed by atoms with Gasteiger partial charge in [-0.25, -0.2) is 0 Å². The quantitative estimate of drug-likeness (QED) is 0.646. The number of hydrogen-bond donors (Lipinski definition) is 0. The lowest BCUT2D eigenvalue weighted by atomic mass is 10.3. The summed E-state index contributed by atoms with van der Waals surface area (Å²) in [7, 11) is 0. The molecule has 1 nitrogen and oxygen atoms in total. The van der Waals surface area contributed by atoms with Gasteiger partial charge in [-0.2, -0.15) is 24.9 Å². The average molecular weight is 172 g/mol. The van der Waals surface area contributed by atoms with Crippen molar-refractivity contribution < 1.29 is 18.0 Å². The molecular formula is C5H7F3OS. The van der Waals surface area contributed by atoms with Crippen LogP contribution in [-0.4, -0.2) is 24.0 Å². The minimum Gasteiger partial charge on any atom is -0.290 e. The standard InChI is InChI=1S/C5H7F3OS/c1-10-3-2-4(9)5(6,7)8/h2-3H2,1H3. The van der Waals surface area contributed by atoms with E-state index in [1.54, 1.807) is 6.26 Å². The van der Waals surface area contributed by atoms with Crippen LogP contribution in [0.15, 0.2) is 0 Å². The van der Waals surface area contributed by atoms with E-state index in [0.29, 0.717) is 0 Å². The van der Waals surface area contributed by atoms with Crippen LogP contribution in [0.2, 0.25) is 0 Å². The molecular weight excluding hydrogens is 165 g/mol. The van der Waals surface area contributed by atoms with Crippen molar-refractivity contribution in [3.8, 4) is 0 Å². The normalized spacial score (nSPS) is 11.6. The van der Waals surface area contributed by atoms with Gasteiger partial charge in [0.2, 0.25) is 5.78 Å². The van der Waals surface area contributed by atoms with E-state index in [9.17, 15) is 18.0 Å². The van der Waals surface area contributed by atoms with E-state index < -0.39 is 18.4 Å². The predicted octanol–water partition coefficient (Wildman–Crippen LogP) is 1.87. The van der Waals surface area contributed by atoms with Crippen LogP contribution in [0.5, 0.6) is 0 Å². The highest BCUT2D eigenvalue weighted by molar-refractivity contribution is 7.98. The van der Waals surface area contributed by atoms with Gasteiger partial charge in [0.05, 0.1) is 0 Å². The summed E-state index contributed by atoms with van der Waals surface area (Å²) in [5, 5.41) is 0. The fourth-order valence-electron chi connectivity index (χ4n) is 0.336. The summed E-state index contributed by atoms with van der Waals surface area (Å²) in [5.74, 6) is -1.40. The van der Waals surface area contributed by atoms with Crippen LogP contribution in [0.3, 0.4) is 0 Å². The van der Waals surface area contributed by atoms with Gasteiger partial charge in [-0.05, 0) is 6.26 Å². The molecule has 60 valence electrons. The Morgan fingerprint density at radius 1 is 1.50 bits per heavy atom. The Kier molecular flexibility index (Phi) is 3.78. The first-order valence-electron chi connectivity index (χ1n) is 2.57. The van der Waals surface area contributed by atoms with Crippen LogP contribution in [0, 0.1) is 0 Å². The fourth-order valence-corrected chi connectivity index (χ4v) is 0.726. The summed E-state index contributed by atoms with van der Waals surface area (Å²) >= 11 is 1.23. The molecule has 0 atom stereocenters. The lowest BCUT2D eigenvalue weighted by Gasteiger charge is -2.02. The van der Waals surface area contributed by atoms with Crippen molar-refractivity contribution in [3.63, 3.8) is 0 Å². The summed E-state index contributed by atoms with van der Waals surface area (Å²) in [6, 6.07) is 0. The van der Waals surface area contributed by atoms with Crippen molar-refractivity contribution >= 4 is 17.5 Å². The van der Waals surface area contributed by atoms with Gasteiger partial charge < -0.3 is 0 Å². The van der Waals surface area contributed by atoms with Crippen LogP contribution in [0.1, 0.15) is 6.42 Å². The second-order valence-corrected chi connectivity index (χ2v) is 2.65. The van der Waals surface area contributed by atoms with E-state index >= 15 is 0 Å². The van der Waals surface area contributed by atoms with Gasteiger partial charge >= 0.3 is 6.18 Å². The van der Waals surface area contributed by atoms with Gasteiger partial charge in [0.15, 0.2) is 0 Å². The molecule has 0 rings (SSSR count). The third-order valence-corrected chi connectivity index (χ3v) is 1.46. The number of ketones is 1. The molecule has 0 aromatic heterocycles. The first-order valence-corrected chi connectivity index (χ1v) is 3.97. The number of rotatable bonds is 3. The van der Waals surface area contributed by atoms with Gasteiger partial charge in [-0.3, -0.25) is 4.79 Å². The molecule has 0 bridgehead atoms. The van der Waals surface area contributed by atoms with Gasteiger partial charge in [0.1, 0.15) is 0 Å². The van der Waals surface area contributed by atoms with E-state index in [-0.39, 0.29) is 5.75 Å². The summed E-state index contributed by atoms with van der Waals surface area (Å²) in [5.41, 5.74) is 0. The number of carbonyl (C=O) groups is 1. The molecule has 0 radical (unpaired) electrons. The molecule has 0 aromatic carbocycles. The maximum Gasteiger partial charge on any atom is 0.450 e. The van der Waals surface area contributed by atoms with Crippen molar-refractivity contribution in [1.82, 2.24) is 0 Å². The molecule has 0 fully saturated rings. The molecule has 0 saturated heterocycles. The first kappa shape index (κ1) is 9.81. The maximum atomic E-state index is 11.4. The minimum atomic E-state index is -4.64. The zero-order chi connectivity index (χ0) is 8.20. The van der Waals surface area contributed by atoms with E-state index in [1.807, 2.05) is 0 Å². The molecule has 0 aliphatic heterocycles. The first-order chi connectivity index (χ1) is 4.48. The number of Topliss-reactive ketones (excluding diaryl/α,β-unsaturated/α-hetero) is 1. The van der Waals surface area contributed by atoms with E-state index in [2.05, 4.69) is 0 Å². The van der Waals surface area contributed by atoms with Gasteiger partial charge in [-0.1, -0.05) is 0 Å². The number of carbonyl (C=O) groups excluding carboxylic acids is 1. The molecule has 5 heteroatoms. The second-order valence-electron chi connectivity index (χ2n) is 1.66. The monoisotopic (exact) mass is 172 g/mol. The minimum absolute atomic E-state index is 0.234. The Balaban J connectivity index is 3.64. The van der Waals surface area contributed by atoms with Crippen LogP contribution in [0.25, 0.3) is 0 Å². The average Bonchev–Trinajstić information content (AvgIpc) is 1.80. The number of alkyl halides is 3. The Hall–Kier alpha value is -0.190. The lowest BCUT2D eigenvalue weighted by molar-refractivity contribution is -0.170. The summed E-state index contributed by atoms with van der Waals surface area (Å²) < 4.78 is 34.2. The predicted molar refractivity (Wildman–Crippen MR) is 34.1 cm³/mol. The Morgan fingerprint density at radius 2 is 2.00 bits per heavy atom. The van der Waals surface area contributed by atoms with Crippen LogP contribution < -0.4 is 0 Å².